The van der Waals surface area contributed by atoms with Gasteiger partial charge in [-0.3, -0.25) is 9.59 Å². The van der Waals surface area contributed by atoms with Crippen molar-refractivity contribution in [3.05, 3.63) is 60.2 Å². The molecule has 0 aromatic heterocycles. The Kier molecular flexibility index (Phi) is 7.67. The Labute approximate surface area is 174 Å². The Bertz CT molecular complexity index is 1000. The molecule has 0 saturated heterocycles. The van der Waals surface area contributed by atoms with Crippen molar-refractivity contribution in [3.63, 3.8) is 0 Å². The number of carbonyl (C=O) groups excluding carboxylic acids is 3. The average Bonchev–Trinajstić information content (AvgIpc) is 2.70. The van der Waals surface area contributed by atoms with Crippen LogP contribution in [0.2, 0.25) is 0 Å². The molecule has 0 saturated carbocycles. The second kappa shape index (κ2) is 9.99. The summed E-state index contributed by atoms with van der Waals surface area (Å²) in [6.45, 7) is 2.91. The molecule has 1 atom stereocenters. The van der Waals surface area contributed by atoms with Crippen molar-refractivity contribution in [1.82, 2.24) is 5.32 Å². The zero-order valence-electron chi connectivity index (χ0n) is 16.5. The number of amides is 2. The Hall–Kier alpha value is -3.24. The fourth-order valence-electron chi connectivity index (χ4n) is 2.46. The molecule has 0 aliphatic carbocycles. The molecule has 0 fully saturated rings. The fraction of sp³-hybridized carbons (Fsp3) is 0.250. The number of primary sulfonamides is 1. The number of nitrogens with two attached hydrogens (primary N) is 1. The molecule has 0 unspecified atom stereocenters. The minimum atomic E-state index is -3.83. The summed E-state index contributed by atoms with van der Waals surface area (Å²) in [5, 5.41) is 10.1. The lowest BCUT2D eigenvalue weighted by Crippen LogP contribution is -2.45. The predicted molar refractivity (Wildman–Crippen MR) is 110 cm³/mol. The molecular formula is C20H23N3O6S. The second-order valence-corrected chi connectivity index (χ2v) is 8.35. The van der Waals surface area contributed by atoms with Crippen LogP contribution in [0.3, 0.4) is 0 Å². The number of hydrogen-bond donors (Lipinski definition) is 3. The second-order valence-electron chi connectivity index (χ2n) is 6.79. The van der Waals surface area contributed by atoms with Gasteiger partial charge in [0.1, 0.15) is 6.04 Å². The van der Waals surface area contributed by atoms with Crippen LogP contribution in [-0.4, -0.2) is 38.9 Å². The molecule has 0 radical (unpaired) electrons. The zero-order valence-corrected chi connectivity index (χ0v) is 17.3. The molecule has 0 aliphatic rings. The van der Waals surface area contributed by atoms with Gasteiger partial charge in [0, 0.05) is 11.3 Å². The normalized spacial score (nSPS) is 12.1. The van der Waals surface area contributed by atoms with Crippen LogP contribution in [0.5, 0.6) is 0 Å². The van der Waals surface area contributed by atoms with E-state index in [1.54, 1.807) is 44.2 Å². The highest BCUT2D eigenvalue weighted by molar-refractivity contribution is 7.89. The smallest absolute Gasteiger partial charge is 0.329 e. The van der Waals surface area contributed by atoms with Crippen LogP contribution >= 0.6 is 0 Å². The summed E-state index contributed by atoms with van der Waals surface area (Å²) in [6, 6.07) is 12.7. The van der Waals surface area contributed by atoms with E-state index in [0.29, 0.717) is 11.3 Å². The molecule has 0 heterocycles. The number of hydrogen-bond acceptors (Lipinski definition) is 6. The SMILES string of the molecule is CC(C)[C@@H](NC(=O)c1ccccc1)C(=O)OCC(=O)Nc1ccc(S(N)(=O)=O)cc1. The van der Waals surface area contributed by atoms with Gasteiger partial charge in [-0.1, -0.05) is 32.0 Å². The van der Waals surface area contributed by atoms with Gasteiger partial charge in [-0.15, -0.1) is 0 Å². The molecule has 0 bridgehead atoms. The fourth-order valence-corrected chi connectivity index (χ4v) is 2.98. The van der Waals surface area contributed by atoms with Crippen molar-refractivity contribution in [2.75, 3.05) is 11.9 Å². The summed E-state index contributed by atoms with van der Waals surface area (Å²) in [4.78, 5) is 36.6. The van der Waals surface area contributed by atoms with Crippen LogP contribution in [0.15, 0.2) is 59.5 Å². The van der Waals surface area contributed by atoms with E-state index in [-0.39, 0.29) is 10.8 Å². The monoisotopic (exact) mass is 433 g/mol. The highest BCUT2D eigenvalue weighted by Crippen LogP contribution is 2.13. The van der Waals surface area contributed by atoms with Gasteiger partial charge in [-0.25, -0.2) is 18.4 Å². The molecular weight excluding hydrogens is 410 g/mol. The third-order valence-corrected chi connectivity index (χ3v) is 4.98. The molecule has 30 heavy (non-hydrogen) atoms. The largest absolute Gasteiger partial charge is 0.454 e. The third kappa shape index (κ3) is 6.68. The lowest BCUT2D eigenvalue weighted by atomic mass is 10.0. The maximum atomic E-state index is 12.4. The van der Waals surface area contributed by atoms with Crippen LogP contribution < -0.4 is 15.8 Å². The topological polar surface area (TPSA) is 145 Å². The van der Waals surface area contributed by atoms with Gasteiger partial charge in [0.2, 0.25) is 10.0 Å². The Balaban J connectivity index is 1.91. The summed E-state index contributed by atoms with van der Waals surface area (Å²) in [5.74, 6) is -2.05. The summed E-state index contributed by atoms with van der Waals surface area (Å²) in [6.07, 6.45) is 0. The van der Waals surface area contributed by atoms with Crippen molar-refractivity contribution >= 4 is 33.5 Å². The number of sulfonamides is 1. The highest BCUT2D eigenvalue weighted by atomic mass is 32.2. The molecule has 10 heteroatoms. The Morgan fingerprint density at radius 1 is 1.00 bits per heavy atom. The summed E-state index contributed by atoms with van der Waals surface area (Å²) >= 11 is 0. The van der Waals surface area contributed by atoms with E-state index in [4.69, 9.17) is 9.88 Å². The minimum Gasteiger partial charge on any atom is -0.454 e. The summed E-state index contributed by atoms with van der Waals surface area (Å²) in [5.41, 5.74) is 0.706. The van der Waals surface area contributed by atoms with Crippen molar-refractivity contribution in [3.8, 4) is 0 Å². The number of anilines is 1. The van der Waals surface area contributed by atoms with E-state index in [2.05, 4.69) is 10.6 Å². The van der Waals surface area contributed by atoms with Gasteiger partial charge in [0.15, 0.2) is 6.61 Å². The number of carbonyl (C=O) groups is 3. The molecule has 2 amide bonds. The lowest BCUT2D eigenvalue weighted by molar-refractivity contribution is -0.150. The van der Waals surface area contributed by atoms with Crippen LogP contribution in [0.4, 0.5) is 5.69 Å². The van der Waals surface area contributed by atoms with Crippen LogP contribution in [0.1, 0.15) is 24.2 Å². The molecule has 2 aromatic rings. The zero-order chi connectivity index (χ0) is 22.3. The van der Waals surface area contributed by atoms with Crippen molar-refractivity contribution in [2.45, 2.75) is 24.8 Å². The van der Waals surface area contributed by atoms with E-state index in [1.807, 2.05) is 0 Å². The van der Waals surface area contributed by atoms with E-state index in [9.17, 15) is 22.8 Å². The van der Waals surface area contributed by atoms with E-state index < -0.39 is 40.5 Å². The number of nitrogens with one attached hydrogen (secondary N) is 2. The van der Waals surface area contributed by atoms with Crippen molar-refractivity contribution in [2.24, 2.45) is 11.1 Å². The Morgan fingerprint density at radius 2 is 1.60 bits per heavy atom. The molecule has 9 nitrogen and oxygen atoms in total. The first kappa shape index (κ1) is 23.0. The average molecular weight is 433 g/mol. The van der Waals surface area contributed by atoms with Gasteiger partial charge in [-0.05, 0) is 42.3 Å². The number of rotatable bonds is 8. The third-order valence-electron chi connectivity index (χ3n) is 4.06. The molecule has 0 spiro atoms. The number of benzene rings is 2. The van der Waals surface area contributed by atoms with Crippen molar-refractivity contribution in [1.29, 1.82) is 0 Å². The quantitative estimate of drug-likeness (QED) is 0.535. The number of esters is 1. The standard InChI is InChI=1S/C20H23N3O6S/c1-13(2)18(23-19(25)14-6-4-3-5-7-14)20(26)29-12-17(24)22-15-8-10-16(11-9-15)30(21,27)28/h3-11,13,18H,12H2,1-2H3,(H,22,24)(H,23,25)(H2,21,27,28)/t18-/m1/s1. The minimum absolute atomic E-state index is 0.0964. The molecule has 4 N–H and O–H groups in total. The first-order valence-corrected chi connectivity index (χ1v) is 10.6. The summed E-state index contributed by atoms with van der Waals surface area (Å²) in [7, 11) is -3.83. The molecule has 2 aromatic carbocycles. The maximum absolute atomic E-state index is 12.4. The van der Waals surface area contributed by atoms with Gasteiger partial charge < -0.3 is 15.4 Å². The maximum Gasteiger partial charge on any atom is 0.329 e. The van der Waals surface area contributed by atoms with Crippen LogP contribution in [0, 0.1) is 5.92 Å². The molecule has 160 valence electrons. The van der Waals surface area contributed by atoms with Gasteiger partial charge >= 0.3 is 5.97 Å². The van der Waals surface area contributed by atoms with Crippen LogP contribution in [-0.2, 0) is 24.3 Å². The molecule has 0 aliphatic heterocycles. The molecule has 2 rings (SSSR count). The predicted octanol–water partition coefficient (Wildman–Crippen LogP) is 1.27. The highest BCUT2D eigenvalue weighted by Gasteiger charge is 2.26. The van der Waals surface area contributed by atoms with Crippen molar-refractivity contribution < 1.29 is 27.5 Å². The van der Waals surface area contributed by atoms with Gasteiger partial charge in [0.05, 0.1) is 4.90 Å². The number of ether oxygens (including phenoxy) is 1. The summed E-state index contributed by atoms with van der Waals surface area (Å²) < 4.78 is 27.5. The first-order chi connectivity index (χ1) is 14.1. The Morgan fingerprint density at radius 3 is 2.13 bits per heavy atom. The van der Waals surface area contributed by atoms with Crippen LogP contribution in [0.25, 0.3) is 0 Å². The first-order valence-electron chi connectivity index (χ1n) is 9.03. The lowest BCUT2D eigenvalue weighted by Gasteiger charge is -2.20. The van der Waals surface area contributed by atoms with E-state index in [0.717, 1.165) is 0 Å². The van der Waals surface area contributed by atoms with Gasteiger partial charge in [-0.2, -0.15) is 0 Å². The van der Waals surface area contributed by atoms with E-state index in [1.165, 1.54) is 24.3 Å². The van der Waals surface area contributed by atoms with Gasteiger partial charge in [0.25, 0.3) is 11.8 Å². The van der Waals surface area contributed by atoms with E-state index >= 15 is 0 Å².